The summed E-state index contributed by atoms with van der Waals surface area (Å²) in [7, 11) is 0. The Morgan fingerprint density at radius 3 is 2.52 bits per heavy atom. The van der Waals surface area contributed by atoms with Gasteiger partial charge in [0.25, 0.3) is 5.91 Å². The van der Waals surface area contributed by atoms with Gasteiger partial charge in [0.05, 0.1) is 11.4 Å². The molecule has 0 spiro atoms. The molecule has 0 unspecified atom stereocenters. The Labute approximate surface area is 129 Å². The number of aromatic nitrogens is 2. The van der Waals surface area contributed by atoms with Crippen molar-refractivity contribution in [1.29, 1.82) is 0 Å². The third-order valence-electron chi connectivity index (χ3n) is 3.15. The molecular weight excluding hydrogens is 282 g/mol. The first kappa shape index (κ1) is 15.6. The summed E-state index contributed by atoms with van der Waals surface area (Å²) >= 11 is 1.44. The first-order chi connectivity index (χ1) is 10.2. The number of thiazole rings is 1. The molecule has 0 saturated carbocycles. The van der Waals surface area contributed by atoms with Crippen LogP contribution in [0.15, 0.2) is 24.4 Å². The van der Waals surface area contributed by atoms with Crippen LogP contribution in [-0.2, 0) is 0 Å². The Morgan fingerprint density at radius 1 is 1.24 bits per heavy atom. The first-order valence-electron chi connectivity index (χ1n) is 7.35. The summed E-state index contributed by atoms with van der Waals surface area (Å²) in [6.07, 6.45) is 3.68. The van der Waals surface area contributed by atoms with Gasteiger partial charge < -0.3 is 4.90 Å². The van der Waals surface area contributed by atoms with Crippen LogP contribution in [0.1, 0.15) is 42.1 Å². The van der Waals surface area contributed by atoms with Crippen LogP contribution in [0.2, 0.25) is 0 Å². The van der Waals surface area contributed by atoms with Crippen molar-refractivity contribution in [3.8, 4) is 10.7 Å². The predicted molar refractivity (Wildman–Crippen MR) is 86.6 cm³/mol. The minimum atomic E-state index is 0.0934. The quantitative estimate of drug-likeness (QED) is 0.816. The third kappa shape index (κ3) is 3.67. The number of hydrogen-bond donors (Lipinski definition) is 0. The molecule has 2 heterocycles. The zero-order valence-corrected chi connectivity index (χ0v) is 13.6. The normalized spacial score (nSPS) is 10.6. The molecule has 2 aromatic rings. The largest absolute Gasteiger partial charge is 0.338 e. The molecule has 0 N–H and O–H groups in total. The van der Waals surface area contributed by atoms with Crippen molar-refractivity contribution in [3.05, 3.63) is 35.0 Å². The molecule has 21 heavy (non-hydrogen) atoms. The van der Waals surface area contributed by atoms with Crippen molar-refractivity contribution in [1.82, 2.24) is 14.9 Å². The molecule has 0 aromatic carbocycles. The molecule has 2 aromatic heterocycles. The number of amides is 1. The number of carbonyl (C=O) groups excluding carboxylic acids is 1. The van der Waals surface area contributed by atoms with Gasteiger partial charge in [-0.3, -0.25) is 9.78 Å². The summed E-state index contributed by atoms with van der Waals surface area (Å²) in [5.41, 5.74) is 1.62. The van der Waals surface area contributed by atoms with Crippen LogP contribution in [0.25, 0.3) is 10.7 Å². The predicted octanol–water partition coefficient (Wildman–Crippen LogP) is 3.78. The number of hydrogen-bond acceptors (Lipinski definition) is 4. The zero-order chi connectivity index (χ0) is 15.2. The van der Waals surface area contributed by atoms with E-state index in [1.54, 1.807) is 6.20 Å². The second-order valence-electron chi connectivity index (χ2n) is 4.94. The van der Waals surface area contributed by atoms with Gasteiger partial charge in [0, 0.05) is 19.3 Å². The standard InChI is InChI=1S/C16H21N3OS/c1-4-10-19(11-5-2)16(20)14-12(3)18-15(21-14)13-8-6-7-9-17-13/h6-9H,4-5,10-11H2,1-3H3. The highest BCUT2D eigenvalue weighted by atomic mass is 32.1. The highest BCUT2D eigenvalue weighted by molar-refractivity contribution is 7.17. The molecule has 0 aliphatic carbocycles. The van der Waals surface area contributed by atoms with Gasteiger partial charge in [0.1, 0.15) is 9.88 Å². The van der Waals surface area contributed by atoms with Gasteiger partial charge in [-0.1, -0.05) is 19.9 Å². The molecule has 4 nitrogen and oxygen atoms in total. The number of aryl methyl sites for hydroxylation is 1. The van der Waals surface area contributed by atoms with Crippen molar-refractivity contribution in [2.75, 3.05) is 13.1 Å². The van der Waals surface area contributed by atoms with Gasteiger partial charge >= 0.3 is 0 Å². The molecule has 112 valence electrons. The average molecular weight is 303 g/mol. The summed E-state index contributed by atoms with van der Waals surface area (Å²) in [4.78, 5) is 24.1. The highest BCUT2D eigenvalue weighted by Crippen LogP contribution is 2.27. The number of rotatable bonds is 6. The van der Waals surface area contributed by atoms with E-state index in [0.717, 1.165) is 47.2 Å². The van der Waals surface area contributed by atoms with Gasteiger partial charge in [-0.2, -0.15) is 0 Å². The van der Waals surface area contributed by atoms with Crippen molar-refractivity contribution in [2.24, 2.45) is 0 Å². The van der Waals surface area contributed by atoms with Crippen LogP contribution in [0.4, 0.5) is 0 Å². The molecule has 0 saturated heterocycles. The molecule has 0 radical (unpaired) electrons. The van der Waals surface area contributed by atoms with Crippen LogP contribution in [-0.4, -0.2) is 33.9 Å². The van der Waals surface area contributed by atoms with Crippen LogP contribution in [0.5, 0.6) is 0 Å². The van der Waals surface area contributed by atoms with Crippen molar-refractivity contribution >= 4 is 17.2 Å². The lowest BCUT2D eigenvalue weighted by molar-refractivity contribution is 0.0759. The number of carbonyl (C=O) groups is 1. The third-order valence-corrected chi connectivity index (χ3v) is 4.32. The fraction of sp³-hybridized carbons (Fsp3) is 0.438. The van der Waals surface area contributed by atoms with E-state index in [-0.39, 0.29) is 5.91 Å². The summed E-state index contributed by atoms with van der Waals surface area (Å²) in [6, 6.07) is 5.73. The Hall–Kier alpha value is -1.75. The van der Waals surface area contributed by atoms with Crippen LogP contribution in [0.3, 0.4) is 0 Å². The molecule has 0 fully saturated rings. The average Bonchev–Trinajstić information content (AvgIpc) is 2.89. The topological polar surface area (TPSA) is 46.1 Å². The molecule has 2 rings (SSSR count). The molecule has 0 bridgehead atoms. The highest BCUT2D eigenvalue weighted by Gasteiger charge is 2.21. The van der Waals surface area contributed by atoms with Gasteiger partial charge in [0.2, 0.25) is 0 Å². The Bertz CT molecular complexity index is 589. The lowest BCUT2D eigenvalue weighted by Gasteiger charge is -2.20. The minimum Gasteiger partial charge on any atom is -0.338 e. The second-order valence-corrected chi connectivity index (χ2v) is 5.94. The van der Waals surface area contributed by atoms with E-state index in [0.29, 0.717) is 0 Å². The second kappa shape index (κ2) is 7.31. The lowest BCUT2D eigenvalue weighted by atomic mass is 10.3. The zero-order valence-electron chi connectivity index (χ0n) is 12.8. The molecule has 0 aliphatic heterocycles. The summed E-state index contributed by atoms with van der Waals surface area (Å²) in [5, 5.41) is 0.810. The van der Waals surface area contributed by atoms with Crippen molar-refractivity contribution in [2.45, 2.75) is 33.6 Å². The molecular formula is C16H21N3OS. The van der Waals surface area contributed by atoms with E-state index in [2.05, 4.69) is 23.8 Å². The fourth-order valence-electron chi connectivity index (χ4n) is 2.19. The maximum atomic E-state index is 12.7. The van der Waals surface area contributed by atoms with E-state index in [1.165, 1.54) is 11.3 Å². The number of pyridine rings is 1. The Balaban J connectivity index is 2.28. The molecule has 0 atom stereocenters. The minimum absolute atomic E-state index is 0.0934. The van der Waals surface area contributed by atoms with Gasteiger partial charge in [0.15, 0.2) is 0 Å². The van der Waals surface area contributed by atoms with E-state index < -0.39 is 0 Å². The summed E-state index contributed by atoms with van der Waals surface area (Å²) in [5.74, 6) is 0.0934. The Kier molecular flexibility index (Phi) is 5.44. The summed E-state index contributed by atoms with van der Waals surface area (Å²) in [6.45, 7) is 7.67. The molecule has 0 aliphatic rings. The lowest BCUT2D eigenvalue weighted by Crippen LogP contribution is -2.32. The fourth-order valence-corrected chi connectivity index (χ4v) is 3.20. The maximum Gasteiger partial charge on any atom is 0.265 e. The van der Waals surface area contributed by atoms with Crippen LogP contribution < -0.4 is 0 Å². The molecule has 5 heteroatoms. The van der Waals surface area contributed by atoms with E-state index in [9.17, 15) is 4.79 Å². The monoisotopic (exact) mass is 303 g/mol. The van der Waals surface area contributed by atoms with E-state index >= 15 is 0 Å². The van der Waals surface area contributed by atoms with Gasteiger partial charge in [-0.15, -0.1) is 11.3 Å². The van der Waals surface area contributed by atoms with Gasteiger partial charge in [-0.25, -0.2) is 4.98 Å². The maximum absolute atomic E-state index is 12.7. The van der Waals surface area contributed by atoms with Crippen molar-refractivity contribution in [3.63, 3.8) is 0 Å². The van der Waals surface area contributed by atoms with Gasteiger partial charge in [-0.05, 0) is 31.9 Å². The van der Waals surface area contributed by atoms with Crippen molar-refractivity contribution < 1.29 is 4.79 Å². The van der Waals surface area contributed by atoms with E-state index in [4.69, 9.17) is 0 Å². The smallest absolute Gasteiger partial charge is 0.265 e. The first-order valence-corrected chi connectivity index (χ1v) is 8.17. The summed E-state index contributed by atoms with van der Waals surface area (Å²) < 4.78 is 0. The van der Waals surface area contributed by atoms with Crippen LogP contribution in [0, 0.1) is 6.92 Å². The van der Waals surface area contributed by atoms with E-state index in [1.807, 2.05) is 30.0 Å². The van der Waals surface area contributed by atoms with Crippen LogP contribution >= 0.6 is 11.3 Å². The Morgan fingerprint density at radius 2 is 1.95 bits per heavy atom. The molecule has 1 amide bonds. The SMILES string of the molecule is CCCN(CCC)C(=O)c1sc(-c2ccccn2)nc1C. The number of nitrogens with zero attached hydrogens (tertiary/aromatic N) is 3.